The fourth-order valence-corrected chi connectivity index (χ4v) is 4.09. The summed E-state index contributed by atoms with van der Waals surface area (Å²) in [7, 11) is 0. The van der Waals surface area contributed by atoms with Crippen molar-refractivity contribution in [3.63, 3.8) is 0 Å². The highest BCUT2D eigenvalue weighted by molar-refractivity contribution is 6.06. The smallest absolute Gasteiger partial charge is 0.268 e. The molecule has 2 aromatic carbocycles. The van der Waals surface area contributed by atoms with E-state index < -0.39 is 0 Å². The number of amides is 2. The molecule has 2 amide bonds. The number of H-pyrrole nitrogens is 1. The number of fused-ring (bicyclic) bond motifs is 1. The van der Waals surface area contributed by atoms with Crippen molar-refractivity contribution in [2.45, 2.75) is 38.6 Å². The average Bonchev–Trinajstić information content (AvgIpc) is 3.18. The molecule has 1 aliphatic rings. The number of carbonyl (C=O) groups is 2. The topological polar surface area (TPSA) is 74.0 Å². The van der Waals surface area contributed by atoms with Crippen LogP contribution in [0.5, 0.6) is 0 Å². The first-order chi connectivity index (χ1) is 14.6. The third kappa shape index (κ3) is 4.46. The summed E-state index contributed by atoms with van der Waals surface area (Å²) in [5.74, 6) is -0.112. The normalized spacial score (nSPS) is 19.4. The zero-order chi connectivity index (χ0) is 20.9. The van der Waals surface area contributed by atoms with Crippen molar-refractivity contribution < 1.29 is 9.59 Å². The van der Waals surface area contributed by atoms with E-state index in [-0.39, 0.29) is 23.6 Å². The Balaban J connectivity index is 1.63. The first-order valence-electron chi connectivity index (χ1n) is 10.6. The molecule has 5 heteroatoms. The van der Waals surface area contributed by atoms with Crippen molar-refractivity contribution in [2.75, 3.05) is 0 Å². The van der Waals surface area contributed by atoms with Crippen molar-refractivity contribution >= 4 is 28.8 Å². The van der Waals surface area contributed by atoms with Crippen LogP contribution in [0.2, 0.25) is 0 Å². The first-order valence-corrected chi connectivity index (χ1v) is 10.6. The van der Waals surface area contributed by atoms with Gasteiger partial charge in [-0.05, 0) is 43.0 Å². The molecule has 0 aliphatic heterocycles. The Morgan fingerprint density at radius 2 is 1.73 bits per heavy atom. The number of rotatable bonds is 5. The number of carbonyl (C=O) groups excluding carboxylic acids is 2. The van der Waals surface area contributed by atoms with Crippen molar-refractivity contribution in [1.29, 1.82) is 0 Å². The third-order valence-corrected chi connectivity index (χ3v) is 5.88. The van der Waals surface area contributed by atoms with Crippen LogP contribution in [0.4, 0.5) is 0 Å². The molecule has 0 radical (unpaired) electrons. The Morgan fingerprint density at radius 3 is 2.53 bits per heavy atom. The molecule has 1 saturated carbocycles. The molecular formula is C25H27N3O2. The van der Waals surface area contributed by atoms with Crippen LogP contribution < -0.4 is 10.6 Å². The zero-order valence-electron chi connectivity index (χ0n) is 17.2. The lowest BCUT2D eigenvalue weighted by Gasteiger charge is -2.29. The lowest BCUT2D eigenvalue weighted by atomic mass is 9.86. The van der Waals surface area contributed by atoms with E-state index in [0.717, 1.165) is 35.7 Å². The van der Waals surface area contributed by atoms with Crippen LogP contribution in [0.3, 0.4) is 0 Å². The summed E-state index contributed by atoms with van der Waals surface area (Å²) in [6.07, 6.45) is 8.02. The average molecular weight is 402 g/mol. The molecule has 4 rings (SSSR count). The first kappa shape index (κ1) is 20.0. The maximum atomic E-state index is 13.2. The van der Waals surface area contributed by atoms with Gasteiger partial charge in [0.25, 0.3) is 11.8 Å². The van der Waals surface area contributed by atoms with Gasteiger partial charge in [-0.25, -0.2) is 0 Å². The maximum absolute atomic E-state index is 13.2. The summed E-state index contributed by atoms with van der Waals surface area (Å²) in [5.41, 5.74) is 2.62. The van der Waals surface area contributed by atoms with Gasteiger partial charge in [0, 0.05) is 34.3 Å². The maximum Gasteiger partial charge on any atom is 0.268 e. The molecular weight excluding hydrogens is 374 g/mol. The number of aromatic amines is 1. The van der Waals surface area contributed by atoms with Crippen LogP contribution in [-0.4, -0.2) is 22.8 Å². The number of hydrogen-bond donors (Lipinski definition) is 3. The Kier molecular flexibility index (Phi) is 5.98. The van der Waals surface area contributed by atoms with Crippen LogP contribution in [0.1, 0.15) is 48.5 Å². The molecule has 1 heterocycles. The van der Waals surface area contributed by atoms with Crippen molar-refractivity contribution in [3.05, 3.63) is 77.6 Å². The van der Waals surface area contributed by atoms with Crippen molar-refractivity contribution in [2.24, 2.45) is 5.92 Å². The largest absolute Gasteiger partial charge is 0.361 e. The van der Waals surface area contributed by atoms with Crippen LogP contribution in [0.25, 0.3) is 17.0 Å². The third-order valence-electron chi connectivity index (χ3n) is 5.88. The van der Waals surface area contributed by atoms with E-state index in [1.54, 1.807) is 18.2 Å². The van der Waals surface area contributed by atoms with Crippen molar-refractivity contribution in [1.82, 2.24) is 15.6 Å². The van der Waals surface area contributed by atoms with Gasteiger partial charge in [0.15, 0.2) is 0 Å². The van der Waals surface area contributed by atoms with E-state index in [9.17, 15) is 9.59 Å². The fraction of sp³-hybridized carbons (Fsp3) is 0.280. The van der Waals surface area contributed by atoms with Gasteiger partial charge >= 0.3 is 0 Å². The van der Waals surface area contributed by atoms with E-state index >= 15 is 0 Å². The van der Waals surface area contributed by atoms with E-state index in [1.165, 1.54) is 6.42 Å². The monoisotopic (exact) mass is 401 g/mol. The minimum atomic E-state index is -0.298. The molecule has 0 saturated heterocycles. The summed E-state index contributed by atoms with van der Waals surface area (Å²) < 4.78 is 0. The highest BCUT2D eigenvalue weighted by Gasteiger charge is 2.25. The van der Waals surface area contributed by atoms with Crippen LogP contribution in [-0.2, 0) is 4.79 Å². The Hall–Kier alpha value is -3.34. The quantitative estimate of drug-likeness (QED) is 0.545. The standard InChI is InChI=1S/C25H27N3O2/c1-17-9-5-7-13-21(17)27-25(30)23(28-24(29)18-10-3-2-4-11-18)15-19-16-26-22-14-8-6-12-20(19)22/h2-4,6,8,10-12,14-17,21,26H,5,7,9,13H2,1H3,(H,27,30)(H,28,29)/b23-15-/t17-,21-/m1/s1. The number of nitrogens with one attached hydrogen (secondary N) is 3. The van der Waals surface area contributed by atoms with Gasteiger partial charge in [0.2, 0.25) is 0 Å². The van der Waals surface area contributed by atoms with Gasteiger partial charge in [-0.3, -0.25) is 9.59 Å². The summed E-state index contributed by atoms with van der Waals surface area (Å²) in [6.45, 7) is 2.18. The molecule has 154 valence electrons. The summed E-state index contributed by atoms with van der Waals surface area (Å²) >= 11 is 0. The minimum absolute atomic E-state index is 0.131. The number of para-hydroxylation sites is 1. The number of benzene rings is 2. The molecule has 0 bridgehead atoms. The highest BCUT2D eigenvalue weighted by atomic mass is 16.2. The molecule has 1 aromatic heterocycles. The second-order valence-corrected chi connectivity index (χ2v) is 8.01. The lowest BCUT2D eigenvalue weighted by molar-refractivity contribution is -0.119. The minimum Gasteiger partial charge on any atom is -0.361 e. The Labute approximate surface area is 176 Å². The summed E-state index contributed by atoms with van der Waals surface area (Å²) in [6, 6.07) is 17.0. The second-order valence-electron chi connectivity index (χ2n) is 8.01. The molecule has 5 nitrogen and oxygen atoms in total. The molecule has 30 heavy (non-hydrogen) atoms. The van der Waals surface area contributed by atoms with E-state index in [2.05, 4.69) is 22.5 Å². The van der Waals surface area contributed by atoms with Crippen LogP contribution in [0.15, 0.2) is 66.5 Å². The molecule has 0 unspecified atom stereocenters. The molecule has 3 aromatic rings. The Morgan fingerprint density at radius 1 is 1.00 bits per heavy atom. The van der Waals surface area contributed by atoms with Crippen LogP contribution in [0, 0.1) is 5.92 Å². The molecule has 2 atom stereocenters. The number of aromatic nitrogens is 1. The fourth-order valence-electron chi connectivity index (χ4n) is 4.09. The molecule has 0 spiro atoms. The van der Waals surface area contributed by atoms with Gasteiger partial charge in [0.1, 0.15) is 5.70 Å². The molecule has 3 N–H and O–H groups in total. The van der Waals surface area contributed by atoms with E-state index in [4.69, 9.17) is 0 Å². The zero-order valence-corrected chi connectivity index (χ0v) is 17.2. The lowest BCUT2D eigenvalue weighted by Crippen LogP contribution is -2.44. The molecule has 1 aliphatic carbocycles. The summed E-state index contributed by atoms with van der Waals surface area (Å²) in [5, 5.41) is 6.99. The van der Waals surface area contributed by atoms with Crippen molar-refractivity contribution in [3.8, 4) is 0 Å². The number of hydrogen-bond acceptors (Lipinski definition) is 2. The predicted octanol–water partition coefficient (Wildman–Crippen LogP) is 4.63. The Bertz CT molecular complexity index is 1070. The highest BCUT2D eigenvalue weighted by Crippen LogP contribution is 2.24. The van der Waals surface area contributed by atoms with Gasteiger partial charge < -0.3 is 15.6 Å². The predicted molar refractivity (Wildman–Crippen MR) is 120 cm³/mol. The second kappa shape index (κ2) is 8.99. The van der Waals surface area contributed by atoms with Gasteiger partial charge in [-0.2, -0.15) is 0 Å². The summed E-state index contributed by atoms with van der Waals surface area (Å²) in [4.78, 5) is 29.2. The van der Waals surface area contributed by atoms with E-state index in [1.807, 2.05) is 48.7 Å². The SMILES string of the molecule is C[C@@H]1CCCC[C@H]1NC(=O)/C(=C/c1c[nH]c2ccccc12)NC(=O)c1ccccc1. The molecule has 1 fully saturated rings. The van der Waals surface area contributed by atoms with E-state index in [0.29, 0.717) is 11.5 Å². The van der Waals surface area contributed by atoms with Gasteiger partial charge in [0.05, 0.1) is 0 Å². The van der Waals surface area contributed by atoms with Gasteiger partial charge in [-0.15, -0.1) is 0 Å². The van der Waals surface area contributed by atoms with Crippen LogP contribution >= 0.6 is 0 Å². The van der Waals surface area contributed by atoms with Gasteiger partial charge in [-0.1, -0.05) is 56.2 Å².